The van der Waals surface area contributed by atoms with E-state index < -0.39 is 0 Å². The first-order valence-electron chi connectivity index (χ1n) is 2.80. The van der Waals surface area contributed by atoms with Crippen molar-refractivity contribution in [1.82, 2.24) is 9.55 Å². The first kappa shape index (κ1) is 6.55. The molecule has 0 saturated carbocycles. The van der Waals surface area contributed by atoms with Gasteiger partial charge in [0.25, 0.3) is 0 Å². The summed E-state index contributed by atoms with van der Waals surface area (Å²) < 4.78 is 1.91. The molecule has 9 heavy (non-hydrogen) atoms. The molecule has 0 amide bonds. The highest BCUT2D eigenvalue weighted by molar-refractivity contribution is 7.58. The number of hydrogen-bond donors (Lipinski definition) is 0. The van der Waals surface area contributed by atoms with Crippen LogP contribution in [0.3, 0.4) is 0 Å². The normalized spacial score (nSPS) is 10.1. The lowest BCUT2D eigenvalue weighted by molar-refractivity contribution is 0.768. The Hall–Kier alpha value is -0.570. The predicted molar refractivity (Wildman–Crippen MR) is 38.3 cm³/mol. The molecular weight excluding hydrogens is 132 g/mol. The van der Waals surface area contributed by atoms with Crippen LogP contribution in [-0.4, -0.2) is 9.55 Å². The zero-order chi connectivity index (χ0) is 7.02. The molecule has 0 unspecified atom stereocenters. The minimum Gasteiger partial charge on any atom is -0.742 e. The van der Waals surface area contributed by atoms with E-state index in [1.165, 1.54) is 0 Å². The molecule has 3 heteroatoms. The molecule has 0 spiro atoms. The van der Waals surface area contributed by atoms with Crippen LogP contribution < -0.4 is 0 Å². The molecule has 0 N–H and O–H groups in total. The van der Waals surface area contributed by atoms with Crippen LogP contribution in [0.5, 0.6) is 0 Å². The highest BCUT2D eigenvalue weighted by atomic mass is 32.1. The lowest BCUT2D eigenvalue weighted by atomic mass is 10.4. The topological polar surface area (TPSA) is 17.8 Å². The maximum Gasteiger partial charge on any atom is 0.0563 e. The average molecular weight is 141 g/mol. The van der Waals surface area contributed by atoms with Crippen LogP contribution >= 0.6 is 0 Å². The van der Waals surface area contributed by atoms with Crippen molar-refractivity contribution >= 4 is 12.6 Å². The third-order valence-electron chi connectivity index (χ3n) is 1.58. The van der Waals surface area contributed by atoms with E-state index in [4.69, 9.17) is 12.6 Å². The van der Waals surface area contributed by atoms with Crippen LogP contribution in [0.15, 0.2) is 5.16 Å². The van der Waals surface area contributed by atoms with E-state index in [0.29, 0.717) is 5.16 Å². The van der Waals surface area contributed by atoms with Crippen molar-refractivity contribution < 1.29 is 0 Å². The summed E-state index contributed by atoms with van der Waals surface area (Å²) in [6, 6.07) is 0. The second-order valence-electron chi connectivity index (χ2n) is 2.12. The van der Waals surface area contributed by atoms with Gasteiger partial charge in [0.15, 0.2) is 0 Å². The van der Waals surface area contributed by atoms with Crippen molar-refractivity contribution in [3.8, 4) is 0 Å². The van der Waals surface area contributed by atoms with Gasteiger partial charge in [0.2, 0.25) is 0 Å². The molecule has 50 valence electrons. The monoisotopic (exact) mass is 141 g/mol. The third kappa shape index (κ3) is 0.920. The zero-order valence-corrected chi connectivity index (χ0v) is 6.62. The van der Waals surface area contributed by atoms with Gasteiger partial charge in [0, 0.05) is 12.7 Å². The fourth-order valence-corrected chi connectivity index (χ4v) is 0.959. The van der Waals surface area contributed by atoms with Crippen molar-refractivity contribution in [3.05, 3.63) is 11.4 Å². The smallest absolute Gasteiger partial charge is 0.0563 e. The zero-order valence-electron chi connectivity index (χ0n) is 5.80. The molecule has 0 aliphatic rings. The van der Waals surface area contributed by atoms with Crippen LogP contribution in [0.1, 0.15) is 11.4 Å². The van der Waals surface area contributed by atoms with Gasteiger partial charge in [0.05, 0.1) is 5.69 Å². The Kier molecular flexibility index (Phi) is 1.45. The lowest BCUT2D eigenvalue weighted by Crippen LogP contribution is -1.92. The minimum absolute atomic E-state index is 0.671. The Bertz CT molecular complexity index is 205. The van der Waals surface area contributed by atoms with Gasteiger partial charge in [-0.1, -0.05) is 0 Å². The summed E-state index contributed by atoms with van der Waals surface area (Å²) in [5.74, 6) is 0. The molecule has 0 aliphatic heterocycles. The fourth-order valence-electron chi connectivity index (χ4n) is 0.686. The number of aryl methyl sites for hydroxylation is 1. The number of rotatable bonds is 0. The summed E-state index contributed by atoms with van der Waals surface area (Å²) in [4.78, 5) is 4.09. The van der Waals surface area contributed by atoms with Gasteiger partial charge in [-0.05, 0) is 19.0 Å². The second kappa shape index (κ2) is 1.99. The van der Waals surface area contributed by atoms with Crippen molar-refractivity contribution in [2.24, 2.45) is 7.05 Å². The highest BCUT2D eigenvalue weighted by Crippen LogP contribution is 2.05. The van der Waals surface area contributed by atoms with E-state index in [2.05, 4.69) is 4.98 Å². The lowest BCUT2D eigenvalue weighted by Gasteiger charge is -2.04. The highest BCUT2D eigenvalue weighted by Gasteiger charge is 1.96. The van der Waals surface area contributed by atoms with E-state index in [0.717, 1.165) is 11.4 Å². The number of aromatic nitrogens is 2. The van der Waals surface area contributed by atoms with Crippen molar-refractivity contribution in [1.29, 1.82) is 0 Å². The van der Waals surface area contributed by atoms with Gasteiger partial charge in [0.1, 0.15) is 0 Å². The number of nitrogens with zero attached hydrogens (tertiary/aromatic N) is 2. The van der Waals surface area contributed by atoms with Gasteiger partial charge in [-0.15, -0.1) is 0 Å². The molecule has 0 fully saturated rings. The van der Waals surface area contributed by atoms with Crippen molar-refractivity contribution in [2.45, 2.75) is 19.0 Å². The van der Waals surface area contributed by atoms with E-state index in [1.807, 2.05) is 25.5 Å². The molecule has 1 aromatic heterocycles. The van der Waals surface area contributed by atoms with Gasteiger partial charge < -0.3 is 17.2 Å². The standard InChI is InChI=1S/C6H10N2S/c1-4-5(2)8(3)6(9)7-4/h1-3H3,(H,7,9)/p-1. The van der Waals surface area contributed by atoms with Crippen LogP contribution in [-0.2, 0) is 19.7 Å². The minimum atomic E-state index is 0.671. The summed E-state index contributed by atoms with van der Waals surface area (Å²) in [6.07, 6.45) is 0. The molecule has 0 bridgehead atoms. The van der Waals surface area contributed by atoms with E-state index in [9.17, 15) is 0 Å². The van der Waals surface area contributed by atoms with Crippen LogP contribution in [0, 0.1) is 13.8 Å². The number of hydrogen-bond acceptors (Lipinski definition) is 2. The second-order valence-corrected chi connectivity index (χ2v) is 2.49. The fraction of sp³-hybridized carbons (Fsp3) is 0.500. The Morgan fingerprint density at radius 2 is 2.00 bits per heavy atom. The molecule has 2 nitrogen and oxygen atoms in total. The summed E-state index contributed by atoms with van der Waals surface area (Å²) >= 11 is 4.91. The summed E-state index contributed by atoms with van der Waals surface area (Å²) in [5, 5.41) is 0.671. The van der Waals surface area contributed by atoms with Crippen LogP contribution in [0.25, 0.3) is 0 Å². The maximum absolute atomic E-state index is 4.91. The number of imidazole rings is 1. The SMILES string of the molecule is Cc1nc([S-])n(C)c1C. The molecule has 0 radical (unpaired) electrons. The van der Waals surface area contributed by atoms with Crippen LogP contribution in [0.2, 0.25) is 0 Å². The Balaban J connectivity index is 3.29. The van der Waals surface area contributed by atoms with Gasteiger partial charge in [-0.2, -0.15) is 0 Å². The Labute approximate surface area is 60.3 Å². The van der Waals surface area contributed by atoms with E-state index in [-0.39, 0.29) is 0 Å². The van der Waals surface area contributed by atoms with Gasteiger partial charge >= 0.3 is 0 Å². The van der Waals surface area contributed by atoms with E-state index >= 15 is 0 Å². The van der Waals surface area contributed by atoms with Crippen molar-refractivity contribution in [3.63, 3.8) is 0 Å². The summed E-state index contributed by atoms with van der Waals surface area (Å²) in [7, 11) is 1.93. The van der Waals surface area contributed by atoms with Gasteiger partial charge in [-0.3, -0.25) is 4.98 Å². The Morgan fingerprint density at radius 3 is 2.11 bits per heavy atom. The Morgan fingerprint density at radius 1 is 1.44 bits per heavy atom. The molecule has 0 aliphatic carbocycles. The van der Waals surface area contributed by atoms with Crippen LogP contribution in [0.4, 0.5) is 0 Å². The average Bonchev–Trinajstić information content (AvgIpc) is 1.98. The summed E-state index contributed by atoms with van der Waals surface area (Å²) in [6.45, 7) is 3.98. The maximum atomic E-state index is 4.91. The quantitative estimate of drug-likeness (QED) is 0.500. The molecule has 1 rings (SSSR count). The predicted octanol–water partition coefficient (Wildman–Crippen LogP) is 0.943. The molecule has 1 heterocycles. The first-order chi connectivity index (χ1) is 4.13. The van der Waals surface area contributed by atoms with E-state index in [1.54, 1.807) is 0 Å². The first-order valence-corrected chi connectivity index (χ1v) is 3.20. The van der Waals surface area contributed by atoms with Gasteiger partial charge in [-0.25, -0.2) is 0 Å². The largest absolute Gasteiger partial charge is 0.742 e. The molecule has 0 saturated heterocycles. The third-order valence-corrected chi connectivity index (χ3v) is 1.94. The molecular formula is C6H9N2S-. The molecule has 0 atom stereocenters. The molecule has 1 aromatic rings. The van der Waals surface area contributed by atoms with Crippen molar-refractivity contribution in [2.75, 3.05) is 0 Å². The summed E-state index contributed by atoms with van der Waals surface area (Å²) in [5.41, 5.74) is 2.18. The molecule has 0 aromatic carbocycles.